The minimum absolute atomic E-state index is 0.129. The van der Waals surface area contributed by atoms with Gasteiger partial charge in [-0.2, -0.15) is 4.57 Å². The average Bonchev–Trinajstić information content (AvgIpc) is 3.45. The number of alkyl halides is 2. The number of benzene rings is 4. The van der Waals surface area contributed by atoms with Gasteiger partial charge in [0.2, 0.25) is 11.2 Å². The van der Waals surface area contributed by atoms with Gasteiger partial charge in [0.25, 0.3) is 0 Å². The Hall–Kier alpha value is -3.33. The Labute approximate surface area is 242 Å². The summed E-state index contributed by atoms with van der Waals surface area (Å²) in [6.45, 7) is 12.7. The van der Waals surface area contributed by atoms with Crippen LogP contribution < -0.4 is 4.57 Å². The zero-order chi connectivity index (χ0) is 28.2. The van der Waals surface area contributed by atoms with Crippen molar-refractivity contribution in [2.24, 2.45) is 0 Å². The molecule has 0 spiro atoms. The molecule has 0 amide bonds. The second-order valence-electron chi connectivity index (χ2n) is 9.34. The van der Waals surface area contributed by atoms with E-state index >= 15 is 0 Å². The summed E-state index contributed by atoms with van der Waals surface area (Å²) in [6.07, 6.45) is 0. The van der Waals surface area contributed by atoms with E-state index in [9.17, 15) is 0 Å². The molecule has 0 N–H and O–H groups in total. The number of halogens is 2. The van der Waals surface area contributed by atoms with Crippen LogP contribution in [0.3, 0.4) is 0 Å². The fraction of sp³-hybridized carbons (Fsp3) is 0.229. The van der Waals surface area contributed by atoms with Crippen molar-refractivity contribution < 1.29 is 4.57 Å². The van der Waals surface area contributed by atoms with Crippen LogP contribution in [0.5, 0.6) is 0 Å². The molecule has 0 atom stereocenters. The first-order valence-corrected chi connectivity index (χ1v) is 14.8. The number of nitrogens with zero attached hydrogens (tertiary/aromatic N) is 2. The Morgan fingerprint density at radius 3 is 2.00 bits per heavy atom. The van der Waals surface area contributed by atoms with Crippen LogP contribution in [0.1, 0.15) is 47.1 Å². The Balaban J connectivity index is 0.000000465. The number of fused-ring (bicyclic) bond motifs is 9. The number of para-hydroxylation sites is 3. The highest BCUT2D eigenvalue weighted by Crippen LogP contribution is 2.46. The monoisotopic (exact) mass is 555 g/mol. The fourth-order valence-corrected chi connectivity index (χ4v) is 5.81. The van der Waals surface area contributed by atoms with E-state index in [0.717, 1.165) is 0 Å². The number of hydrogen-bond acceptors (Lipinski definition) is 0. The minimum Gasteiger partial charge on any atom is -0.309 e. The maximum atomic E-state index is 4.76. The third-order valence-electron chi connectivity index (χ3n) is 7.17. The maximum absolute atomic E-state index is 4.76. The lowest BCUT2D eigenvalue weighted by atomic mass is 9.90. The van der Waals surface area contributed by atoms with E-state index in [1.807, 2.05) is 27.7 Å². The van der Waals surface area contributed by atoms with Crippen molar-refractivity contribution in [3.8, 4) is 16.9 Å². The molecule has 4 heteroatoms. The molecule has 3 heterocycles. The van der Waals surface area contributed by atoms with Gasteiger partial charge < -0.3 is 4.57 Å². The molecular weight excluding hydrogens is 519 g/mol. The standard InChI is InChI=1S/C30H23N2.2C2H6.CH2Cl2/c1-30(2)23-17-19-26-28(29(23)27-18-16-20-10-6-8-14-24(20)32(27)30)22-13-7-9-15-25(22)31(26)21-11-4-3-5-12-21;2*1-2;2-1-3/h3-19H,1-2H3;2*1-2H3;1H2/q+1;;;. The van der Waals surface area contributed by atoms with Gasteiger partial charge in [-0.25, -0.2) is 0 Å². The highest BCUT2D eigenvalue weighted by atomic mass is 35.5. The van der Waals surface area contributed by atoms with Crippen LogP contribution in [0.25, 0.3) is 49.7 Å². The van der Waals surface area contributed by atoms with Crippen LogP contribution in [0.4, 0.5) is 0 Å². The summed E-state index contributed by atoms with van der Waals surface area (Å²) in [6, 6.07) is 37.5. The van der Waals surface area contributed by atoms with E-state index in [2.05, 4.69) is 126 Å². The third kappa shape index (κ3) is 4.71. The van der Waals surface area contributed by atoms with Gasteiger partial charge in [0.15, 0.2) is 5.54 Å². The molecule has 200 valence electrons. The lowest BCUT2D eigenvalue weighted by Gasteiger charge is -2.16. The van der Waals surface area contributed by atoms with Crippen LogP contribution in [0, 0.1) is 0 Å². The van der Waals surface area contributed by atoms with E-state index < -0.39 is 0 Å². The van der Waals surface area contributed by atoms with Crippen molar-refractivity contribution in [2.45, 2.75) is 47.1 Å². The van der Waals surface area contributed by atoms with E-state index in [0.29, 0.717) is 0 Å². The molecule has 4 aromatic carbocycles. The van der Waals surface area contributed by atoms with Crippen molar-refractivity contribution in [3.05, 3.63) is 109 Å². The van der Waals surface area contributed by atoms with Crippen LogP contribution in [0.15, 0.2) is 103 Å². The molecule has 1 aliphatic heterocycles. The molecule has 0 saturated carbocycles. The summed E-state index contributed by atoms with van der Waals surface area (Å²) >= 11 is 9.53. The first-order chi connectivity index (χ1) is 19.1. The molecule has 0 fully saturated rings. The second kappa shape index (κ2) is 12.2. The van der Waals surface area contributed by atoms with Gasteiger partial charge in [0, 0.05) is 53.4 Å². The van der Waals surface area contributed by atoms with Crippen LogP contribution in [-0.4, -0.2) is 9.91 Å². The first-order valence-electron chi connectivity index (χ1n) is 13.8. The highest BCUT2D eigenvalue weighted by Gasteiger charge is 2.46. The molecule has 0 saturated heterocycles. The lowest BCUT2D eigenvalue weighted by molar-refractivity contribution is -0.707. The summed E-state index contributed by atoms with van der Waals surface area (Å²) < 4.78 is 4.93. The molecule has 0 bridgehead atoms. The Morgan fingerprint density at radius 2 is 1.28 bits per heavy atom. The third-order valence-corrected chi connectivity index (χ3v) is 7.17. The van der Waals surface area contributed by atoms with Crippen LogP contribution >= 0.6 is 23.2 Å². The van der Waals surface area contributed by atoms with E-state index in [4.69, 9.17) is 23.2 Å². The van der Waals surface area contributed by atoms with Crippen molar-refractivity contribution >= 4 is 55.9 Å². The molecule has 0 radical (unpaired) electrons. The molecule has 7 rings (SSSR count). The minimum atomic E-state index is -0.129. The van der Waals surface area contributed by atoms with E-state index in [1.165, 1.54) is 55.2 Å². The van der Waals surface area contributed by atoms with Crippen molar-refractivity contribution in [1.82, 2.24) is 4.57 Å². The Kier molecular flexibility index (Phi) is 9.00. The number of pyridine rings is 1. The zero-order valence-electron chi connectivity index (χ0n) is 23.7. The highest BCUT2D eigenvalue weighted by molar-refractivity contribution is 6.40. The predicted octanol–water partition coefficient (Wildman–Crippen LogP) is 10.5. The second-order valence-corrected chi connectivity index (χ2v) is 10.2. The predicted molar refractivity (Wildman–Crippen MR) is 172 cm³/mol. The summed E-state index contributed by atoms with van der Waals surface area (Å²) in [7, 11) is 0. The normalized spacial score (nSPS) is 12.4. The van der Waals surface area contributed by atoms with Gasteiger partial charge >= 0.3 is 0 Å². The molecule has 2 nitrogen and oxygen atoms in total. The van der Waals surface area contributed by atoms with Gasteiger partial charge in [-0.1, -0.05) is 76.2 Å². The smallest absolute Gasteiger partial charge is 0.215 e. The van der Waals surface area contributed by atoms with Crippen LogP contribution in [-0.2, 0) is 5.54 Å². The van der Waals surface area contributed by atoms with E-state index in [-0.39, 0.29) is 10.9 Å². The number of aromatic nitrogens is 2. The van der Waals surface area contributed by atoms with Gasteiger partial charge in [0.1, 0.15) is 0 Å². The van der Waals surface area contributed by atoms with Crippen molar-refractivity contribution in [2.75, 3.05) is 5.34 Å². The Morgan fingerprint density at radius 1 is 0.667 bits per heavy atom. The molecule has 1 aliphatic rings. The SMILES string of the molecule is CC.CC.CC1(C)c2ccc3c(c2-c2ccc4ccccc4[n+]21)c1ccccc1n3-c1ccccc1.ClCCl. The lowest BCUT2D eigenvalue weighted by Crippen LogP contribution is -2.51. The molecular formula is C35H37Cl2N2+. The summed E-state index contributed by atoms with van der Waals surface area (Å²) in [5.41, 5.74) is 8.91. The summed E-state index contributed by atoms with van der Waals surface area (Å²) in [5.74, 6) is 0. The van der Waals surface area contributed by atoms with Gasteiger partial charge in [-0.05, 0) is 42.5 Å². The zero-order valence-corrected chi connectivity index (χ0v) is 25.2. The molecule has 39 heavy (non-hydrogen) atoms. The quantitative estimate of drug-likeness (QED) is 0.141. The molecule has 0 aliphatic carbocycles. The number of hydrogen-bond donors (Lipinski definition) is 0. The topological polar surface area (TPSA) is 8.81 Å². The van der Waals surface area contributed by atoms with Crippen LogP contribution in [0.2, 0.25) is 0 Å². The first kappa shape index (κ1) is 28.7. The summed E-state index contributed by atoms with van der Waals surface area (Å²) in [4.78, 5) is 0. The van der Waals surface area contributed by atoms with Crippen molar-refractivity contribution in [1.29, 1.82) is 0 Å². The van der Waals surface area contributed by atoms with Gasteiger partial charge in [-0.15, -0.1) is 23.2 Å². The summed E-state index contributed by atoms with van der Waals surface area (Å²) in [5, 5.41) is 4.12. The average molecular weight is 557 g/mol. The molecule has 2 aromatic heterocycles. The fourth-order valence-electron chi connectivity index (χ4n) is 5.81. The maximum Gasteiger partial charge on any atom is 0.215 e. The number of rotatable bonds is 1. The van der Waals surface area contributed by atoms with Gasteiger partial charge in [-0.3, -0.25) is 0 Å². The largest absolute Gasteiger partial charge is 0.309 e. The van der Waals surface area contributed by atoms with Crippen molar-refractivity contribution in [3.63, 3.8) is 0 Å². The molecule has 0 unspecified atom stereocenters. The molecule has 6 aromatic rings. The van der Waals surface area contributed by atoms with Gasteiger partial charge in [0.05, 0.1) is 21.9 Å². The van der Waals surface area contributed by atoms with E-state index in [1.54, 1.807) is 0 Å². The Bertz CT molecular complexity index is 1720.